The number of nitrogens with one attached hydrogen (secondary N) is 1. The molecule has 1 N–H and O–H groups in total. The van der Waals surface area contributed by atoms with Crippen LogP contribution in [-0.4, -0.2) is 75.4 Å². The SMILES string of the molecule is CC(C)CN(CC(C)(C)CCN(Cc1ccccc1)Cc1ccccc1)S(=O)(=O)c1ccc2c(c1)OCO2.CC(C)CNCC(C)(C)CCN(Cc1ccccc1)Cc1ccccc1.Cc1ccc2c(c1)OCO2. The lowest BCUT2D eigenvalue weighted by Crippen LogP contribution is -2.42. The summed E-state index contributed by atoms with van der Waals surface area (Å²) in [5, 5.41) is 3.63. The monoisotopic (exact) mass is 1020 g/mol. The summed E-state index contributed by atoms with van der Waals surface area (Å²) >= 11 is 0. The molecule has 0 saturated heterocycles. The molecule has 8 rings (SSSR count). The van der Waals surface area contributed by atoms with Crippen molar-refractivity contribution in [3.63, 3.8) is 0 Å². The zero-order chi connectivity index (χ0) is 53.0. The molecule has 2 heterocycles. The Labute approximate surface area is 445 Å². The van der Waals surface area contributed by atoms with Crippen LogP contribution in [0.25, 0.3) is 0 Å². The van der Waals surface area contributed by atoms with Gasteiger partial charge in [0.15, 0.2) is 23.0 Å². The van der Waals surface area contributed by atoms with Gasteiger partial charge < -0.3 is 24.3 Å². The highest BCUT2D eigenvalue weighted by Crippen LogP contribution is 2.36. The molecule has 6 aromatic rings. The standard InChI is InChI=1S/C31H40N2O4S.C24H36N2.C8H8O2/c1-25(2)20-33(38(34,35)28-15-16-29-30(19-28)37-24-36-29)23-31(3,4)17-18-32(21-26-11-7-5-8-12-26)22-27-13-9-6-10-14-27;1-21(2)17-25-20-24(3,4)15-16-26(18-22-11-7-5-8-12-22)19-23-13-9-6-10-14-23;1-6-2-3-7-8(4-6)10-5-9-7/h5-16,19,25H,17-18,20-24H2,1-4H3;5-14,21,25H,15-20H2,1-4H3;2-4H,5H2,1H3. The van der Waals surface area contributed by atoms with Crippen LogP contribution in [0.1, 0.15) is 96.0 Å². The van der Waals surface area contributed by atoms with E-state index in [9.17, 15) is 8.42 Å². The van der Waals surface area contributed by atoms with Gasteiger partial charge in [-0.3, -0.25) is 9.80 Å². The Morgan fingerprint density at radius 3 is 1.35 bits per heavy atom. The highest BCUT2D eigenvalue weighted by atomic mass is 32.2. The number of hydrogen-bond acceptors (Lipinski definition) is 9. The molecule has 0 bridgehead atoms. The summed E-state index contributed by atoms with van der Waals surface area (Å²) in [7, 11) is -3.70. The van der Waals surface area contributed by atoms with Crippen LogP contribution in [-0.2, 0) is 36.2 Å². The summed E-state index contributed by atoms with van der Waals surface area (Å²) in [6.45, 7) is 29.0. The zero-order valence-corrected chi connectivity index (χ0v) is 46.6. The molecule has 0 aromatic heterocycles. The van der Waals surface area contributed by atoms with Crippen LogP contribution in [0.2, 0.25) is 0 Å². The van der Waals surface area contributed by atoms with Crippen molar-refractivity contribution in [2.45, 2.75) is 106 Å². The lowest BCUT2D eigenvalue weighted by molar-refractivity contribution is 0.173. The van der Waals surface area contributed by atoms with E-state index in [4.69, 9.17) is 18.9 Å². The molecule has 0 aliphatic carbocycles. The molecule has 0 amide bonds. The fourth-order valence-corrected chi connectivity index (χ4v) is 10.7. The fourth-order valence-electron chi connectivity index (χ4n) is 8.91. The highest BCUT2D eigenvalue weighted by molar-refractivity contribution is 7.89. The van der Waals surface area contributed by atoms with Crippen molar-refractivity contribution in [3.05, 3.63) is 186 Å². The van der Waals surface area contributed by atoms with E-state index in [2.05, 4.69) is 180 Å². The van der Waals surface area contributed by atoms with Crippen LogP contribution < -0.4 is 24.3 Å². The van der Waals surface area contributed by atoms with Crippen LogP contribution in [0, 0.1) is 29.6 Å². The number of benzene rings is 6. The summed E-state index contributed by atoms with van der Waals surface area (Å²) in [5.74, 6) is 3.68. The van der Waals surface area contributed by atoms with Gasteiger partial charge in [0.25, 0.3) is 0 Å². The Morgan fingerprint density at radius 1 is 0.514 bits per heavy atom. The van der Waals surface area contributed by atoms with Gasteiger partial charge >= 0.3 is 0 Å². The largest absolute Gasteiger partial charge is 0.454 e. The van der Waals surface area contributed by atoms with E-state index in [1.54, 1.807) is 22.5 Å². The van der Waals surface area contributed by atoms with Crippen LogP contribution >= 0.6 is 0 Å². The first-order valence-corrected chi connectivity index (χ1v) is 27.9. The molecule has 0 spiro atoms. The Morgan fingerprint density at radius 2 is 0.919 bits per heavy atom. The molecule has 398 valence electrons. The Kier molecular flexibility index (Phi) is 22.0. The van der Waals surface area contributed by atoms with Crippen molar-refractivity contribution in [2.75, 3.05) is 52.9 Å². The number of nitrogens with zero attached hydrogens (tertiary/aromatic N) is 3. The van der Waals surface area contributed by atoms with Gasteiger partial charge in [-0.25, -0.2) is 8.42 Å². The predicted octanol–water partition coefficient (Wildman–Crippen LogP) is 13.3. The smallest absolute Gasteiger partial charge is 0.243 e. The van der Waals surface area contributed by atoms with E-state index in [0.717, 1.165) is 70.3 Å². The molecule has 0 radical (unpaired) electrons. The van der Waals surface area contributed by atoms with Gasteiger partial charge in [0.1, 0.15) is 0 Å². The first-order chi connectivity index (χ1) is 35.4. The van der Waals surface area contributed by atoms with Crippen LogP contribution in [0.5, 0.6) is 23.0 Å². The lowest BCUT2D eigenvalue weighted by Gasteiger charge is -2.35. The van der Waals surface area contributed by atoms with E-state index in [1.165, 1.54) is 34.2 Å². The molecule has 0 fully saturated rings. The zero-order valence-electron chi connectivity index (χ0n) is 45.8. The number of aryl methyl sites for hydroxylation is 1. The van der Waals surface area contributed by atoms with Gasteiger partial charge in [-0.15, -0.1) is 0 Å². The molecule has 2 aliphatic rings. The quantitative estimate of drug-likeness (QED) is 0.0636. The molecule has 0 atom stereocenters. The van der Waals surface area contributed by atoms with Crippen molar-refractivity contribution in [3.8, 4) is 23.0 Å². The summed E-state index contributed by atoms with van der Waals surface area (Å²) < 4.78 is 50.3. The average molecular weight is 1030 g/mol. The number of fused-ring (bicyclic) bond motifs is 2. The minimum absolute atomic E-state index is 0.115. The van der Waals surface area contributed by atoms with Crippen molar-refractivity contribution in [2.24, 2.45) is 22.7 Å². The first-order valence-electron chi connectivity index (χ1n) is 26.5. The van der Waals surface area contributed by atoms with Crippen molar-refractivity contribution < 1.29 is 27.4 Å². The number of ether oxygens (including phenoxy) is 4. The molecule has 74 heavy (non-hydrogen) atoms. The Balaban J connectivity index is 0.000000211. The second-order valence-corrected chi connectivity index (χ2v) is 24.2. The molecule has 2 aliphatic heterocycles. The van der Waals surface area contributed by atoms with Gasteiger partial charge in [0.2, 0.25) is 23.6 Å². The third kappa shape index (κ3) is 19.5. The molecular weight excluding hydrogens is 941 g/mol. The van der Waals surface area contributed by atoms with E-state index in [0.29, 0.717) is 42.7 Å². The first kappa shape index (κ1) is 57.6. The van der Waals surface area contributed by atoms with E-state index in [1.807, 2.05) is 37.3 Å². The summed E-state index contributed by atoms with van der Waals surface area (Å²) in [6, 6.07) is 53.4. The normalized spacial score (nSPS) is 13.1. The van der Waals surface area contributed by atoms with E-state index in [-0.39, 0.29) is 23.0 Å². The lowest BCUT2D eigenvalue weighted by atomic mass is 9.88. The van der Waals surface area contributed by atoms with E-state index < -0.39 is 10.0 Å². The Hall–Kier alpha value is -5.69. The molecule has 11 heteroatoms. The van der Waals surface area contributed by atoms with Gasteiger partial charge in [-0.05, 0) is 114 Å². The van der Waals surface area contributed by atoms with Crippen molar-refractivity contribution in [1.29, 1.82) is 0 Å². The summed E-state index contributed by atoms with van der Waals surface area (Å²) in [5.41, 5.74) is 6.59. The van der Waals surface area contributed by atoms with Crippen LogP contribution in [0.4, 0.5) is 0 Å². The summed E-state index contributed by atoms with van der Waals surface area (Å²) in [6.07, 6.45) is 2.05. The number of sulfonamides is 1. The third-order valence-electron chi connectivity index (χ3n) is 13.0. The molecular formula is C63H84N4O6S. The minimum atomic E-state index is -3.70. The van der Waals surface area contributed by atoms with Gasteiger partial charge in [0, 0.05) is 51.9 Å². The molecule has 6 aromatic carbocycles. The van der Waals surface area contributed by atoms with Gasteiger partial charge in [-0.1, -0.05) is 183 Å². The molecule has 0 saturated carbocycles. The fraction of sp³-hybridized carbons (Fsp3) is 0.429. The maximum atomic E-state index is 13.8. The Bertz CT molecular complexity index is 2580. The maximum absolute atomic E-state index is 13.8. The summed E-state index contributed by atoms with van der Waals surface area (Å²) in [4.78, 5) is 5.27. The molecule has 10 nitrogen and oxygen atoms in total. The second kappa shape index (κ2) is 28.3. The molecule has 0 unspecified atom stereocenters. The average Bonchev–Trinajstić information content (AvgIpc) is 4.06. The number of hydrogen-bond donors (Lipinski definition) is 1. The van der Waals surface area contributed by atoms with Gasteiger partial charge in [-0.2, -0.15) is 4.31 Å². The van der Waals surface area contributed by atoms with Crippen molar-refractivity contribution in [1.82, 2.24) is 19.4 Å². The number of rotatable bonds is 24. The van der Waals surface area contributed by atoms with Crippen LogP contribution in [0.15, 0.2) is 163 Å². The predicted molar refractivity (Wildman–Crippen MR) is 302 cm³/mol. The van der Waals surface area contributed by atoms with E-state index >= 15 is 0 Å². The third-order valence-corrected chi connectivity index (χ3v) is 14.9. The van der Waals surface area contributed by atoms with Crippen molar-refractivity contribution >= 4 is 10.0 Å². The topological polar surface area (TPSA) is 92.8 Å². The maximum Gasteiger partial charge on any atom is 0.243 e. The van der Waals surface area contributed by atoms with Gasteiger partial charge in [0.05, 0.1) is 4.90 Å². The van der Waals surface area contributed by atoms with Crippen LogP contribution in [0.3, 0.4) is 0 Å². The second-order valence-electron chi connectivity index (χ2n) is 22.3. The highest BCUT2D eigenvalue weighted by Gasteiger charge is 2.33. The minimum Gasteiger partial charge on any atom is -0.454 e.